The Balaban J connectivity index is 0.000000124. The Kier molecular flexibility index (Phi) is 19.4. The number of rotatable bonds is 4. The summed E-state index contributed by atoms with van der Waals surface area (Å²) in [6, 6.07) is 75.8. The van der Waals surface area contributed by atoms with Crippen LogP contribution in [0.25, 0.3) is 128 Å². The summed E-state index contributed by atoms with van der Waals surface area (Å²) < 4.78 is 17.9. The Labute approximate surface area is 646 Å². The molecule has 0 unspecified atom stereocenters. The van der Waals surface area contributed by atoms with Crippen LogP contribution in [0.4, 0.5) is 4.39 Å². The van der Waals surface area contributed by atoms with E-state index in [-0.39, 0.29) is 91.0 Å². The fraction of sp³-hybridized carbons (Fsp3) is 0.146. The van der Waals surface area contributed by atoms with E-state index in [1.165, 1.54) is 115 Å². The van der Waals surface area contributed by atoms with Crippen LogP contribution in [0.2, 0.25) is 0 Å². The molecule has 0 spiro atoms. The van der Waals surface area contributed by atoms with Crippen LogP contribution in [0.5, 0.6) is 23.0 Å². The summed E-state index contributed by atoms with van der Waals surface area (Å²) in [5, 5.41) is 53.8. The zero-order valence-electron chi connectivity index (χ0n) is 60.4. The minimum absolute atomic E-state index is 0. The second kappa shape index (κ2) is 27.7. The minimum Gasteiger partial charge on any atom is -0.872 e. The summed E-state index contributed by atoms with van der Waals surface area (Å²) in [6.07, 6.45) is 0. The summed E-state index contributed by atoms with van der Waals surface area (Å²) in [4.78, 5) is 13.8. The first kappa shape index (κ1) is 74.3. The van der Waals surface area contributed by atoms with Gasteiger partial charge in [0, 0.05) is 67.7 Å². The number of aromatic amines is 4. The number of hydrogen-bond acceptors (Lipinski definition) is 8. The molecule has 0 bridgehead atoms. The van der Waals surface area contributed by atoms with Crippen molar-refractivity contribution in [3.05, 3.63) is 286 Å². The van der Waals surface area contributed by atoms with Crippen molar-refractivity contribution in [2.45, 2.75) is 84.0 Å². The summed E-state index contributed by atoms with van der Waals surface area (Å²) in [5.74, 6) is -0.0809. The Bertz CT molecular complexity index is 6140. The molecule has 4 aromatic heterocycles. The molecule has 106 heavy (non-hydrogen) atoms. The van der Waals surface area contributed by atoms with Gasteiger partial charge in [-0.1, -0.05) is 299 Å². The van der Waals surface area contributed by atoms with Gasteiger partial charge >= 0.3 is 40.5 Å². The molecule has 0 radical (unpaired) electrons. The molecule has 17 heteroatoms. The van der Waals surface area contributed by atoms with Gasteiger partial charge in [-0.3, -0.25) is 0 Å². The predicted molar refractivity (Wildman–Crippen MR) is 431 cm³/mol. The predicted octanol–water partition coefficient (Wildman–Crippen LogP) is 18.0. The van der Waals surface area contributed by atoms with E-state index >= 15 is 0 Å². The second-order valence-corrected chi connectivity index (χ2v) is 33.2. The average molecular weight is 1440 g/mol. The van der Waals surface area contributed by atoms with E-state index < -0.39 is 0 Å². The van der Waals surface area contributed by atoms with Crippen molar-refractivity contribution in [3.63, 3.8) is 0 Å². The number of thiazole rings is 4. The van der Waals surface area contributed by atoms with Crippen LogP contribution in [-0.2, 0) is 21.7 Å². The summed E-state index contributed by atoms with van der Waals surface area (Å²) in [7, 11) is 0. The molecule has 4 aliphatic carbocycles. The SMILES string of the molecule is CC1(C)c2ccccc2-c2c1ccc([O-])c2-c1[nH+]c2ccccc2s1.CC1(C)c2ccccc2-c2c1ccc1[nH+]c(-c3ccccc3[O-])sc21.CC1(C)c2ccccc2-c2ccc3sc(-c4ccccc4[O-])[nH+]c3c21.Cc1ccc2c(c1)-c1cc(-c3[nH+]c4ccc(F)cc4s3)c([O-])cc1C2(C)C.[Be+2].[Be+2].[Be+2].[Be+2]. The molecule has 0 saturated carbocycles. The Morgan fingerprint density at radius 2 is 0.764 bits per heavy atom. The number of benzene rings is 12. The third-order valence-corrected chi connectivity index (χ3v) is 25.8. The topological polar surface area (TPSA) is 149 Å². The van der Waals surface area contributed by atoms with Crippen molar-refractivity contribution in [2.75, 3.05) is 0 Å². The maximum absolute atomic E-state index is 13.5. The molecule has 20 rings (SSSR count). The number of hydrogen-bond donors (Lipinski definition) is 0. The molecule has 16 aromatic rings. The van der Waals surface area contributed by atoms with Crippen LogP contribution in [0.3, 0.4) is 0 Å². The van der Waals surface area contributed by atoms with E-state index in [4.69, 9.17) is 0 Å². The molecule has 0 amide bonds. The van der Waals surface area contributed by atoms with Crippen LogP contribution in [-0.4, -0.2) is 40.5 Å². The molecule has 0 fully saturated rings. The zero-order valence-corrected chi connectivity index (χ0v) is 63.7. The smallest absolute Gasteiger partial charge is 0.872 e. The molecular formula is C89H69Be4FN4O4S4+8. The third-order valence-electron chi connectivity index (χ3n) is 21.4. The summed E-state index contributed by atoms with van der Waals surface area (Å²) in [6.45, 7) is 20.0. The van der Waals surface area contributed by atoms with Gasteiger partial charge in [0.15, 0.2) is 0 Å². The van der Waals surface area contributed by atoms with E-state index in [2.05, 4.69) is 210 Å². The standard InChI is InChI=1S/C23H18FNOS.3C22H17NOS.4Be/c1-12-4-6-17-14(8-12)15-10-16(20(26)11-18(15)23(17,2)3)22-25-19-7-5-13(24)9-21(19)27-22;1-22(2)16-9-5-3-7-13(16)14-11-12-18-20(19(14)22)23-21(25-18)15-8-4-6-10-17(15)24;1-22(2)15-9-5-3-7-13(15)19-16(22)11-12-17-20(19)25-21(23-17)14-8-4-6-10-18(14)24;1-22(2)14-8-4-3-7-13(14)19-15(22)11-12-17(24)20(19)21-23-16-9-5-6-10-18(16)25-21;;;;/h4-11,26H,1-3H3;3*3-12,24H,1-2H3;;;;/q;;;;4*+2. The first-order chi connectivity index (χ1) is 49.1. The number of aromatic nitrogens is 4. The fourth-order valence-electron chi connectivity index (χ4n) is 16.2. The molecular weight excluding hydrogens is 1370 g/mol. The number of fused-ring (bicyclic) bond motifs is 18. The Morgan fingerprint density at radius 1 is 0.292 bits per heavy atom. The molecule has 4 aliphatic rings. The molecule has 0 saturated heterocycles. The van der Waals surface area contributed by atoms with Gasteiger partial charge in [0.1, 0.15) is 24.6 Å². The minimum atomic E-state index is -0.272. The van der Waals surface area contributed by atoms with Crippen LogP contribution >= 0.6 is 45.3 Å². The summed E-state index contributed by atoms with van der Waals surface area (Å²) >= 11 is 6.40. The van der Waals surface area contributed by atoms with E-state index in [0.717, 1.165) is 80.2 Å². The first-order valence-electron chi connectivity index (χ1n) is 34.2. The Hall–Kier alpha value is -9.99. The number of aryl methyl sites for hydroxylation is 1. The molecule has 4 N–H and O–H groups in total. The first-order valence-corrected chi connectivity index (χ1v) is 37.5. The normalized spacial score (nSPS) is 13.9. The monoisotopic (exact) mass is 1440 g/mol. The van der Waals surface area contributed by atoms with Crippen LogP contribution in [0.15, 0.2) is 231 Å². The number of nitrogens with one attached hydrogen (secondary N) is 4. The van der Waals surface area contributed by atoms with Crippen LogP contribution in [0, 0.1) is 12.7 Å². The van der Waals surface area contributed by atoms with Crippen LogP contribution < -0.4 is 40.4 Å². The van der Waals surface area contributed by atoms with E-state index in [1.54, 1.807) is 76.5 Å². The van der Waals surface area contributed by atoms with Gasteiger partial charge in [0.05, 0.1) is 11.1 Å². The fourth-order valence-corrected chi connectivity index (χ4v) is 20.6. The van der Waals surface area contributed by atoms with Gasteiger partial charge in [0.25, 0.3) is 20.0 Å². The zero-order chi connectivity index (χ0) is 70.5. The summed E-state index contributed by atoms with van der Waals surface area (Å²) in [5.41, 5.74) is 28.0. The van der Waals surface area contributed by atoms with Gasteiger partial charge in [-0.25, -0.2) is 4.39 Å². The van der Waals surface area contributed by atoms with E-state index in [9.17, 15) is 24.8 Å². The largest absolute Gasteiger partial charge is 2.00 e. The average Bonchev–Trinajstić information content (AvgIpc) is 1.58. The van der Waals surface area contributed by atoms with Gasteiger partial charge in [-0.05, 0) is 122 Å². The van der Waals surface area contributed by atoms with Crippen LogP contribution in [0.1, 0.15) is 105 Å². The Morgan fingerprint density at radius 3 is 1.42 bits per heavy atom. The molecule has 500 valence electrons. The van der Waals surface area contributed by atoms with Gasteiger partial charge in [0.2, 0.25) is 22.1 Å². The number of halogens is 1. The van der Waals surface area contributed by atoms with Crippen molar-refractivity contribution in [3.8, 4) is 110 Å². The number of H-pyrrole nitrogens is 4. The van der Waals surface area contributed by atoms with Crippen molar-refractivity contribution in [1.29, 1.82) is 0 Å². The van der Waals surface area contributed by atoms with Crippen molar-refractivity contribution in [2.24, 2.45) is 0 Å². The van der Waals surface area contributed by atoms with Crippen molar-refractivity contribution in [1.82, 2.24) is 0 Å². The molecule has 8 nitrogen and oxygen atoms in total. The second-order valence-electron chi connectivity index (χ2n) is 29.0. The third kappa shape index (κ3) is 11.9. The molecule has 0 aliphatic heterocycles. The molecule has 0 atom stereocenters. The van der Waals surface area contributed by atoms with Crippen molar-refractivity contribution >= 4 is 127 Å². The quantitative estimate of drug-likeness (QED) is 0.161. The van der Waals surface area contributed by atoms with Gasteiger partial charge in [-0.15, -0.1) is 0 Å². The maximum atomic E-state index is 13.5. The molecule has 12 aromatic carbocycles. The van der Waals surface area contributed by atoms with Crippen molar-refractivity contribution < 1.29 is 44.8 Å². The maximum Gasteiger partial charge on any atom is 2.00 e. The van der Waals surface area contributed by atoms with Gasteiger partial charge < -0.3 is 20.4 Å². The van der Waals surface area contributed by atoms with Gasteiger partial charge in [-0.2, -0.15) is 19.9 Å². The van der Waals surface area contributed by atoms with E-state index in [1.807, 2.05) is 48.5 Å². The molecule has 4 heterocycles. The van der Waals surface area contributed by atoms with E-state index in [0.29, 0.717) is 5.56 Å². The number of para-hydroxylation sites is 3.